The second-order valence-corrected chi connectivity index (χ2v) is 11.7. The normalized spacial score (nSPS) is 23.5. The number of rotatable bonds is 12. The van der Waals surface area contributed by atoms with Crippen molar-refractivity contribution >= 4 is 5.97 Å². The Morgan fingerprint density at radius 3 is 2.31 bits per heavy atom. The Morgan fingerprint density at radius 2 is 1.67 bits per heavy atom. The Morgan fingerprint density at radius 1 is 1.00 bits per heavy atom. The molecule has 1 aliphatic carbocycles. The van der Waals surface area contributed by atoms with Crippen LogP contribution in [-0.4, -0.2) is 59.6 Å². The van der Waals surface area contributed by atoms with Gasteiger partial charge in [-0.05, 0) is 86.4 Å². The van der Waals surface area contributed by atoms with E-state index in [0.29, 0.717) is 23.8 Å². The van der Waals surface area contributed by atoms with E-state index in [1.807, 2.05) is 0 Å². The monoisotopic (exact) mass is 490 g/mol. The first-order chi connectivity index (χ1) is 17.5. The van der Waals surface area contributed by atoms with E-state index in [1.165, 1.54) is 56.3 Å². The molecule has 4 nitrogen and oxygen atoms in total. The fraction of sp³-hybridized carbons (Fsp3) is 0.594. The van der Waals surface area contributed by atoms with E-state index in [0.717, 1.165) is 31.8 Å². The maximum atomic E-state index is 11.6. The molecule has 2 aromatic carbocycles. The van der Waals surface area contributed by atoms with Gasteiger partial charge in [-0.1, -0.05) is 80.9 Å². The number of aliphatic carboxylic acids is 1. The molecule has 0 bridgehead atoms. The van der Waals surface area contributed by atoms with Crippen LogP contribution in [0.4, 0.5) is 0 Å². The summed E-state index contributed by atoms with van der Waals surface area (Å²) in [6.07, 6.45) is 8.66. The molecule has 1 heterocycles. The van der Waals surface area contributed by atoms with Gasteiger partial charge in [0.05, 0.1) is 6.54 Å². The lowest BCUT2D eigenvalue weighted by molar-refractivity contribution is -0.139. The molecular formula is C32H46N2O2. The van der Waals surface area contributed by atoms with E-state index >= 15 is 0 Å². The highest BCUT2D eigenvalue weighted by Crippen LogP contribution is 2.43. The van der Waals surface area contributed by atoms with Crippen molar-refractivity contribution in [3.05, 3.63) is 71.8 Å². The van der Waals surface area contributed by atoms with Crippen molar-refractivity contribution < 1.29 is 9.90 Å². The van der Waals surface area contributed by atoms with Crippen molar-refractivity contribution in [3.8, 4) is 0 Å². The molecule has 0 amide bonds. The SMILES string of the molecule is CC(C)CN(CC(=O)O)C1CC(CN2CCC(CCCc3ccccc3)CC2)C(c2ccccc2)C1. The summed E-state index contributed by atoms with van der Waals surface area (Å²) < 4.78 is 0. The number of hydrogen-bond donors (Lipinski definition) is 1. The zero-order chi connectivity index (χ0) is 25.3. The number of piperidine rings is 1. The highest BCUT2D eigenvalue weighted by atomic mass is 16.4. The number of carboxylic acid groups (broad SMARTS) is 1. The number of likely N-dealkylation sites (tertiary alicyclic amines) is 1. The van der Waals surface area contributed by atoms with Gasteiger partial charge in [0.2, 0.25) is 0 Å². The van der Waals surface area contributed by atoms with Crippen molar-refractivity contribution in [2.24, 2.45) is 17.8 Å². The van der Waals surface area contributed by atoms with Gasteiger partial charge in [-0.25, -0.2) is 0 Å². The van der Waals surface area contributed by atoms with Gasteiger partial charge in [-0.3, -0.25) is 9.69 Å². The second kappa shape index (κ2) is 13.4. The van der Waals surface area contributed by atoms with Gasteiger partial charge in [0.1, 0.15) is 0 Å². The van der Waals surface area contributed by atoms with Crippen molar-refractivity contribution in [3.63, 3.8) is 0 Å². The lowest BCUT2D eigenvalue weighted by Crippen LogP contribution is -2.41. The zero-order valence-corrected chi connectivity index (χ0v) is 22.4. The van der Waals surface area contributed by atoms with Crippen molar-refractivity contribution in [2.45, 2.75) is 70.8 Å². The lowest BCUT2D eigenvalue weighted by Gasteiger charge is -2.35. The molecule has 0 spiro atoms. The molecule has 196 valence electrons. The highest BCUT2D eigenvalue weighted by Gasteiger charge is 2.39. The third-order valence-corrected chi connectivity index (χ3v) is 8.47. The van der Waals surface area contributed by atoms with Crippen LogP contribution in [0.1, 0.15) is 69.4 Å². The lowest BCUT2D eigenvalue weighted by atomic mass is 9.87. The first-order valence-corrected chi connectivity index (χ1v) is 14.2. The van der Waals surface area contributed by atoms with E-state index in [-0.39, 0.29) is 6.54 Å². The predicted molar refractivity (Wildman–Crippen MR) is 148 cm³/mol. The summed E-state index contributed by atoms with van der Waals surface area (Å²) in [4.78, 5) is 16.6. The number of carboxylic acids is 1. The summed E-state index contributed by atoms with van der Waals surface area (Å²) in [6.45, 7) is 8.98. The minimum atomic E-state index is -0.704. The summed E-state index contributed by atoms with van der Waals surface area (Å²) in [5.41, 5.74) is 2.90. The average Bonchev–Trinajstić information content (AvgIpc) is 3.29. The maximum absolute atomic E-state index is 11.6. The first kappa shape index (κ1) is 26.9. The second-order valence-electron chi connectivity index (χ2n) is 11.7. The summed E-state index contributed by atoms with van der Waals surface area (Å²) >= 11 is 0. The van der Waals surface area contributed by atoms with Gasteiger partial charge in [-0.2, -0.15) is 0 Å². The molecule has 1 aliphatic heterocycles. The number of benzene rings is 2. The molecule has 1 saturated heterocycles. The zero-order valence-electron chi connectivity index (χ0n) is 22.4. The molecule has 2 aromatic rings. The number of aryl methyl sites for hydroxylation is 1. The summed E-state index contributed by atoms with van der Waals surface area (Å²) in [6, 6.07) is 22.2. The molecule has 2 fully saturated rings. The largest absolute Gasteiger partial charge is 0.480 e. The molecule has 1 saturated carbocycles. The van der Waals surface area contributed by atoms with Gasteiger partial charge < -0.3 is 10.0 Å². The van der Waals surface area contributed by atoms with Crippen LogP contribution in [0.3, 0.4) is 0 Å². The van der Waals surface area contributed by atoms with Crippen molar-refractivity contribution in [1.29, 1.82) is 0 Å². The third-order valence-electron chi connectivity index (χ3n) is 8.47. The predicted octanol–water partition coefficient (Wildman–Crippen LogP) is 6.33. The summed E-state index contributed by atoms with van der Waals surface area (Å²) in [5.74, 6) is 1.74. The Labute approximate surface area is 218 Å². The van der Waals surface area contributed by atoms with E-state index in [4.69, 9.17) is 0 Å². The van der Waals surface area contributed by atoms with Gasteiger partial charge in [0, 0.05) is 19.1 Å². The van der Waals surface area contributed by atoms with E-state index < -0.39 is 5.97 Å². The standard InChI is InChI=1S/C32H46N2O2/c1-25(2)22-34(24-32(35)36)30-20-29(31(21-30)28-14-7-4-8-15-28)23-33-18-16-27(17-19-33)13-9-12-26-10-5-3-6-11-26/h3-8,10-11,14-15,25,27,29-31H,9,12-13,16-24H2,1-2H3,(H,35,36). The Balaban J connectivity index is 1.32. The molecule has 2 aliphatic rings. The van der Waals surface area contributed by atoms with Crippen LogP contribution in [0.2, 0.25) is 0 Å². The average molecular weight is 491 g/mol. The topological polar surface area (TPSA) is 43.8 Å². The highest BCUT2D eigenvalue weighted by molar-refractivity contribution is 5.69. The van der Waals surface area contributed by atoms with Crippen LogP contribution >= 0.6 is 0 Å². The van der Waals surface area contributed by atoms with Gasteiger partial charge in [0.25, 0.3) is 0 Å². The molecular weight excluding hydrogens is 444 g/mol. The fourth-order valence-electron chi connectivity index (χ4n) is 6.72. The Bertz CT molecular complexity index is 908. The Kier molecular flexibility index (Phi) is 10.0. The smallest absolute Gasteiger partial charge is 0.317 e. The quantitative estimate of drug-likeness (QED) is 0.378. The minimum absolute atomic E-state index is 0.158. The van der Waals surface area contributed by atoms with Crippen LogP contribution in [0, 0.1) is 17.8 Å². The molecule has 0 aromatic heterocycles. The molecule has 3 atom stereocenters. The van der Waals surface area contributed by atoms with Crippen molar-refractivity contribution in [2.75, 3.05) is 32.7 Å². The first-order valence-electron chi connectivity index (χ1n) is 14.2. The molecule has 36 heavy (non-hydrogen) atoms. The maximum Gasteiger partial charge on any atom is 0.317 e. The number of nitrogens with zero attached hydrogens (tertiary/aromatic N) is 2. The summed E-state index contributed by atoms with van der Waals surface area (Å²) in [7, 11) is 0. The van der Waals surface area contributed by atoms with E-state index in [1.54, 1.807) is 0 Å². The fourth-order valence-corrected chi connectivity index (χ4v) is 6.72. The molecule has 4 rings (SSSR count). The van der Waals surface area contributed by atoms with Crippen LogP contribution in [0.5, 0.6) is 0 Å². The van der Waals surface area contributed by atoms with E-state index in [9.17, 15) is 9.90 Å². The molecule has 1 N–H and O–H groups in total. The van der Waals surface area contributed by atoms with Gasteiger partial charge in [0.15, 0.2) is 0 Å². The van der Waals surface area contributed by atoms with Crippen LogP contribution < -0.4 is 0 Å². The van der Waals surface area contributed by atoms with Crippen LogP contribution in [0.25, 0.3) is 0 Å². The van der Waals surface area contributed by atoms with Crippen molar-refractivity contribution in [1.82, 2.24) is 9.80 Å². The molecule has 3 unspecified atom stereocenters. The van der Waals surface area contributed by atoms with E-state index in [2.05, 4.69) is 84.3 Å². The third kappa shape index (κ3) is 7.91. The van der Waals surface area contributed by atoms with Gasteiger partial charge >= 0.3 is 5.97 Å². The Hall–Kier alpha value is -2.17. The minimum Gasteiger partial charge on any atom is -0.480 e. The van der Waals surface area contributed by atoms with Crippen LogP contribution in [-0.2, 0) is 11.2 Å². The molecule has 4 heteroatoms. The van der Waals surface area contributed by atoms with Gasteiger partial charge in [-0.15, -0.1) is 0 Å². The molecule has 0 radical (unpaired) electrons. The summed E-state index contributed by atoms with van der Waals surface area (Å²) in [5, 5.41) is 9.57. The van der Waals surface area contributed by atoms with Crippen LogP contribution in [0.15, 0.2) is 60.7 Å². The number of carbonyl (C=O) groups is 1. The number of hydrogen-bond acceptors (Lipinski definition) is 3.